The summed E-state index contributed by atoms with van der Waals surface area (Å²) in [6.45, 7) is 12.8. The number of aromatic hydroxyl groups is 1. The molecular weight excluding hydrogens is 260 g/mol. The maximum Gasteiger partial charge on any atom is 0.123 e. The van der Waals surface area contributed by atoms with Crippen molar-refractivity contribution >= 4 is 0 Å². The molecule has 1 N–H and O–H groups in total. The molecule has 0 aliphatic heterocycles. The van der Waals surface area contributed by atoms with Gasteiger partial charge in [0.25, 0.3) is 0 Å². The zero-order valence-electron chi connectivity index (χ0n) is 14.4. The molecule has 1 aliphatic rings. The molecule has 0 radical (unpaired) electrons. The van der Waals surface area contributed by atoms with Crippen LogP contribution in [-0.2, 0) is 10.8 Å². The molecule has 2 nitrogen and oxygen atoms in total. The summed E-state index contributed by atoms with van der Waals surface area (Å²) in [6.07, 6.45) is 5.17. The Morgan fingerprint density at radius 2 is 1.33 bits per heavy atom. The summed E-state index contributed by atoms with van der Waals surface area (Å²) in [5.74, 6) is 1.34. The van der Waals surface area contributed by atoms with Crippen LogP contribution >= 0.6 is 0 Å². The first-order valence-corrected chi connectivity index (χ1v) is 8.13. The summed E-state index contributed by atoms with van der Waals surface area (Å²) in [5, 5.41) is 10.7. The van der Waals surface area contributed by atoms with Crippen molar-refractivity contribution in [2.45, 2.75) is 84.2 Å². The molecule has 21 heavy (non-hydrogen) atoms. The van der Waals surface area contributed by atoms with Crippen molar-refractivity contribution in [2.75, 3.05) is 0 Å². The molecule has 118 valence electrons. The van der Waals surface area contributed by atoms with Crippen molar-refractivity contribution < 1.29 is 9.84 Å². The highest BCUT2D eigenvalue weighted by Crippen LogP contribution is 2.42. The quantitative estimate of drug-likeness (QED) is 0.800. The van der Waals surface area contributed by atoms with E-state index in [1.54, 1.807) is 0 Å². The monoisotopic (exact) mass is 290 g/mol. The maximum absolute atomic E-state index is 10.7. The fraction of sp³-hybridized carbons (Fsp3) is 0.684. The standard InChI is InChI=1S/C19H30O2/c1-18(2,3)15-11-14(21-13-9-7-8-10-13)12-16(17(15)20)19(4,5)6/h11-13,20H,7-10H2,1-6H3. The topological polar surface area (TPSA) is 29.5 Å². The van der Waals surface area contributed by atoms with Crippen LogP contribution in [0.15, 0.2) is 12.1 Å². The molecule has 0 amide bonds. The number of phenolic OH excluding ortho intramolecular Hbond substituents is 1. The zero-order chi connectivity index (χ0) is 15.8. The predicted molar refractivity (Wildman–Crippen MR) is 88.4 cm³/mol. The lowest BCUT2D eigenvalue weighted by molar-refractivity contribution is 0.208. The summed E-state index contributed by atoms with van der Waals surface area (Å²) in [6, 6.07) is 4.06. The van der Waals surface area contributed by atoms with E-state index in [1.807, 2.05) is 12.1 Å². The Hall–Kier alpha value is -1.18. The molecular formula is C19H30O2. The van der Waals surface area contributed by atoms with Crippen molar-refractivity contribution in [3.05, 3.63) is 23.3 Å². The van der Waals surface area contributed by atoms with E-state index < -0.39 is 0 Å². The second-order valence-electron chi connectivity index (χ2n) is 8.39. The molecule has 0 aromatic heterocycles. The summed E-state index contributed by atoms with van der Waals surface area (Å²) < 4.78 is 6.19. The molecule has 1 saturated carbocycles. The molecule has 0 atom stereocenters. The Morgan fingerprint density at radius 3 is 1.71 bits per heavy atom. The first-order chi connectivity index (χ1) is 9.59. The van der Waals surface area contributed by atoms with Crippen LogP contribution in [0.4, 0.5) is 0 Å². The van der Waals surface area contributed by atoms with Gasteiger partial charge in [-0.1, -0.05) is 41.5 Å². The largest absolute Gasteiger partial charge is 0.507 e. The smallest absolute Gasteiger partial charge is 0.123 e. The zero-order valence-corrected chi connectivity index (χ0v) is 14.4. The van der Waals surface area contributed by atoms with Crippen LogP contribution in [-0.4, -0.2) is 11.2 Å². The van der Waals surface area contributed by atoms with Gasteiger partial charge in [-0.3, -0.25) is 0 Å². The van der Waals surface area contributed by atoms with E-state index in [0.717, 1.165) is 29.7 Å². The lowest BCUT2D eigenvalue weighted by Crippen LogP contribution is -2.19. The third kappa shape index (κ3) is 3.72. The predicted octanol–water partition coefficient (Wildman–Crippen LogP) is 5.31. The number of hydrogen-bond donors (Lipinski definition) is 1. The van der Waals surface area contributed by atoms with Crippen molar-refractivity contribution in [2.24, 2.45) is 0 Å². The van der Waals surface area contributed by atoms with Crippen LogP contribution in [0, 0.1) is 0 Å². The molecule has 1 aliphatic carbocycles. The normalized spacial score (nSPS) is 17.2. The van der Waals surface area contributed by atoms with Crippen molar-refractivity contribution in [1.82, 2.24) is 0 Å². The van der Waals surface area contributed by atoms with E-state index in [1.165, 1.54) is 12.8 Å². The molecule has 0 saturated heterocycles. The minimum atomic E-state index is -0.0981. The molecule has 0 bridgehead atoms. The first-order valence-electron chi connectivity index (χ1n) is 8.13. The van der Waals surface area contributed by atoms with E-state index in [2.05, 4.69) is 41.5 Å². The molecule has 0 heterocycles. The van der Waals surface area contributed by atoms with E-state index in [0.29, 0.717) is 11.9 Å². The Balaban J connectivity index is 2.45. The van der Waals surface area contributed by atoms with Gasteiger partial charge in [-0.25, -0.2) is 0 Å². The van der Waals surface area contributed by atoms with Gasteiger partial charge < -0.3 is 9.84 Å². The summed E-state index contributed by atoms with van der Waals surface area (Å²) in [4.78, 5) is 0. The summed E-state index contributed by atoms with van der Waals surface area (Å²) in [7, 11) is 0. The summed E-state index contributed by atoms with van der Waals surface area (Å²) in [5.41, 5.74) is 1.75. The lowest BCUT2D eigenvalue weighted by Gasteiger charge is -2.28. The first kappa shape index (κ1) is 16.2. The SMILES string of the molecule is CC(C)(C)c1cc(OC2CCCC2)cc(C(C)(C)C)c1O. The van der Waals surface area contributed by atoms with Gasteiger partial charge >= 0.3 is 0 Å². The minimum Gasteiger partial charge on any atom is -0.507 e. The van der Waals surface area contributed by atoms with Gasteiger partial charge in [0.1, 0.15) is 11.5 Å². The molecule has 1 fully saturated rings. The van der Waals surface area contributed by atoms with E-state index >= 15 is 0 Å². The Bertz CT molecular complexity index is 462. The second kappa shape index (κ2) is 5.55. The van der Waals surface area contributed by atoms with Gasteiger partial charge in [0, 0.05) is 11.1 Å². The molecule has 2 heteroatoms. The molecule has 2 rings (SSSR count). The van der Waals surface area contributed by atoms with Gasteiger partial charge in [-0.15, -0.1) is 0 Å². The number of benzene rings is 1. The Kier molecular flexibility index (Phi) is 4.28. The van der Waals surface area contributed by atoms with Gasteiger partial charge in [0.2, 0.25) is 0 Å². The lowest BCUT2D eigenvalue weighted by atomic mass is 9.79. The van der Waals surface area contributed by atoms with Crippen LogP contribution in [0.3, 0.4) is 0 Å². The molecule has 1 aromatic rings. The van der Waals surface area contributed by atoms with E-state index in [9.17, 15) is 5.11 Å². The fourth-order valence-corrected chi connectivity index (χ4v) is 3.02. The highest BCUT2D eigenvalue weighted by atomic mass is 16.5. The number of ether oxygens (including phenoxy) is 1. The average Bonchev–Trinajstić information content (AvgIpc) is 2.81. The highest BCUT2D eigenvalue weighted by Gasteiger charge is 2.27. The second-order valence-corrected chi connectivity index (χ2v) is 8.39. The van der Waals surface area contributed by atoms with Gasteiger partial charge in [-0.05, 0) is 48.6 Å². The summed E-state index contributed by atoms with van der Waals surface area (Å²) >= 11 is 0. The third-order valence-electron chi connectivity index (χ3n) is 4.30. The third-order valence-corrected chi connectivity index (χ3v) is 4.30. The minimum absolute atomic E-state index is 0.0981. The Labute approximate surface area is 129 Å². The fourth-order valence-electron chi connectivity index (χ4n) is 3.02. The van der Waals surface area contributed by atoms with Crippen molar-refractivity contribution in [3.63, 3.8) is 0 Å². The van der Waals surface area contributed by atoms with Gasteiger partial charge in [0.15, 0.2) is 0 Å². The Morgan fingerprint density at radius 1 is 0.905 bits per heavy atom. The van der Waals surface area contributed by atoms with Crippen LogP contribution in [0.2, 0.25) is 0 Å². The van der Waals surface area contributed by atoms with Crippen molar-refractivity contribution in [3.8, 4) is 11.5 Å². The van der Waals surface area contributed by atoms with Gasteiger partial charge in [-0.2, -0.15) is 0 Å². The number of phenols is 1. The molecule has 1 aromatic carbocycles. The van der Waals surface area contributed by atoms with E-state index in [-0.39, 0.29) is 10.8 Å². The highest BCUT2D eigenvalue weighted by molar-refractivity contribution is 5.52. The number of rotatable bonds is 2. The molecule has 0 spiro atoms. The van der Waals surface area contributed by atoms with Crippen molar-refractivity contribution in [1.29, 1.82) is 0 Å². The average molecular weight is 290 g/mol. The van der Waals surface area contributed by atoms with Crippen LogP contribution in [0.5, 0.6) is 11.5 Å². The van der Waals surface area contributed by atoms with Crippen LogP contribution in [0.1, 0.15) is 78.4 Å². The molecule has 0 unspecified atom stereocenters. The van der Waals surface area contributed by atoms with Crippen LogP contribution < -0.4 is 4.74 Å². The van der Waals surface area contributed by atoms with Gasteiger partial charge in [0.05, 0.1) is 6.10 Å². The van der Waals surface area contributed by atoms with E-state index in [4.69, 9.17) is 4.74 Å². The number of hydrogen-bond acceptors (Lipinski definition) is 2. The maximum atomic E-state index is 10.7. The van der Waals surface area contributed by atoms with Crippen LogP contribution in [0.25, 0.3) is 0 Å².